The summed E-state index contributed by atoms with van der Waals surface area (Å²) in [5.41, 5.74) is 4.73. The van der Waals surface area contributed by atoms with Crippen LogP contribution in [0.3, 0.4) is 0 Å². The van der Waals surface area contributed by atoms with Gasteiger partial charge in [-0.25, -0.2) is 0 Å². The topological polar surface area (TPSA) is 51.7 Å². The molecule has 0 radical (unpaired) electrons. The molecule has 3 aromatic rings. The number of carbonyl (C=O) groups is 1. The molecular formula is C25H24N2O3. The van der Waals surface area contributed by atoms with Crippen LogP contribution in [0.2, 0.25) is 0 Å². The summed E-state index contributed by atoms with van der Waals surface area (Å²) in [6, 6.07) is 18.3. The molecule has 0 saturated carbocycles. The van der Waals surface area contributed by atoms with E-state index in [4.69, 9.17) is 9.47 Å². The van der Waals surface area contributed by atoms with E-state index >= 15 is 0 Å². The van der Waals surface area contributed by atoms with Crippen LogP contribution in [-0.4, -0.2) is 22.6 Å². The van der Waals surface area contributed by atoms with Crippen molar-refractivity contribution in [1.82, 2.24) is 9.88 Å². The van der Waals surface area contributed by atoms with E-state index in [0.717, 1.165) is 41.9 Å². The lowest BCUT2D eigenvalue weighted by molar-refractivity contribution is -0.137. The molecule has 30 heavy (non-hydrogen) atoms. The largest absolute Gasteiger partial charge is 0.454 e. The fraction of sp³-hybridized carbons (Fsp3) is 0.280. The van der Waals surface area contributed by atoms with Crippen molar-refractivity contribution in [2.24, 2.45) is 5.92 Å². The van der Waals surface area contributed by atoms with Gasteiger partial charge in [0.15, 0.2) is 11.5 Å². The summed E-state index contributed by atoms with van der Waals surface area (Å²) in [6.45, 7) is 1.32. The molecule has 0 fully saturated rings. The number of carbonyl (C=O) groups excluding carboxylic acids is 1. The molecule has 1 amide bonds. The Morgan fingerprint density at radius 2 is 1.80 bits per heavy atom. The van der Waals surface area contributed by atoms with Crippen molar-refractivity contribution >= 4 is 5.91 Å². The fourth-order valence-electron chi connectivity index (χ4n) is 4.35. The van der Waals surface area contributed by atoms with Crippen LogP contribution >= 0.6 is 0 Å². The van der Waals surface area contributed by atoms with Gasteiger partial charge in [0, 0.05) is 31.4 Å². The third kappa shape index (κ3) is 3.88. The second kappa shape index (κ2) is 8.19. The molecule has 1 aliphatic carbocycles. The van der Waals surface area contributed by atoms with Gasteiger partial charge >= 0.3 is 0 Å². The Hall–Kier alpha value is -3.34. The predicted octanol–water partition coefficient (Wildman–Crippen LogP) is 4.14. The Morgan fingerprint density at radius 1 is 0.967 bits per heavy atom. The van der Waals surface area contributed by atoms with Gasteiger partial charge in [0.05, 0.1) is 0 Å². The molecular weight excluding hydrogens is 376 g/mol. The molecule has 0 N–H and O–H groups in total. The molecule has 1 atom stereocenters. The van der Waals surface area contributed by atoms with Gasteiger partial charge in [-0.15, -0.1) is 0 Å². The fourth-order valence-corrected chi connectivity index (χ4v) is 4.35. The minimum Gasteiger partial charge on any atom is -0.454 e. The van der Waals surface area contributed by atoms with Crippen LogP contribution in [0.15, 0.2) is 67.0 Å². The highest BCUT2D eigenvalue weighted by Gasteiger charge is 2.29. The molecule has 2 aliphatic rings. The van der Waals surface area contributed by atoms with Crippen molar-refractivity contribution in [1.29, 1.82) is 0 Å². The maximum Gasteiger partial charge on any atom is 0.231 e. The number of aromatic nitrogens is 1. The molecule has 2 aromatic carbocycles. The maximum atomic E-state index is 13.6. The lowest BCUT2D eigenvalue weighted by atomic mass is 9.83. The minimum atomic E-state index is 0.00517. The van der Waals surface area contributed by atoms with E-state index < -0.39 is 0 Å². The lowest BCUT2D eigenvalue weighted by Crippen LogP contribution is -2.37. The molecule has 0 unspecified atom stereocenters. The molecule has 1 aliphatic heterocycles. The van der Waals surface area contributed by atoms with E-state index in [1.54, 1.807) is 6.20 Å². The van der Waals surface area contributed by atoms with Crippen molar-refractivity contribution in [3.63, 3.8) is 0 Å². The number of aryl methyl sites for hydroxylation is 1. The van der Waals surface area contributed by atoms with E-state index in [-0.39, 0.29) is 18.6 Å². The Bertz CT molecular complexity index is 1050. The third-order valence-electron chi connectivity index (χ3n) is 5.91. The van der Waals surface area contributed by atoms with E-state index in [9.17, 15) is 4.79 Å². The van der Waals surface area contributed by atoms with Crippen molar-refractivity contribution in [3.8, 4) is 11.5 Å². The van der Waals surface area contributed by atoms with Gasteiger partial charge in [-0.05, 0) is 59.7 Å². The van der Waals surface area contributed by atoms with E-state index in [0.29, 0.717) is 13.1 Å². The van der Waals surface area contributed by atoms with Gasteiger partial charge < -0.3 is 14.4 Å². The molecule has 0 saturated heterocycles. The molecule has 5 rings (SSSR count). The monoisotopic (exact) mass is 400 g/mol. The summed E-state index contributed by atoms with van der Waals surface area (Å²) in [6.07, 6.45) is 6.24. The van der Waals surface area contributed by atoms with Gasteiger partial charge in [-0.1, -0.05) is 36.4 Å². The number of nitrogens with zero attached hydrogens (tertiary/aromatic N) is 2. The van der Waals surface area contributed by atoms with Gasteiger partial charge in [0.1, 0.15) is 0 Å². The Morgan fingerprint density at radius 3 is 2.67 bits per heavy atom. The van der Waals surface area contributed by atoms with Crippen LogP contribution < -0.4 is 9.47 Å². The second-order valence-electron chi connectivity index (χ2n) is 7.95. The third-order valence-corrected chi connectivity index (χ3v) is 5.91. The van der Waals surface area contributed by atoms with Crippen molar-refractivity contribution in [2.75, 3.05) is 6.79 Å². The number of pyridine rings is 1. The first-order valence-electron chi connectivity index (χ1n) is 10.4. The number of amides is 1. The van der Waals surface area contributed by atoms with Crippen molar-refractivity contribution < 1.29 is 14.3 Å². The van der Waals surface area contributed by atoms with E-state index in [1.165, 1.54) is 11.1 Å². The highest BCUT2D eigenvalue weighted by molar-refractivity contribution is 5.79. The smallest absolute Gasteiger partial charge is 0.231 e. The average Bonchev–Trinajstić information content (AvgIpc) is 3.26. The first-order chi connectivity index (χ1) is 14.8. The van der Waals surface area contributed by atoms with Crippen LogP contribution in [0.5, 0.6) is 11.5 Å². The quantitative estimate of drug-likeness (QED) is 0.646. The number of rotatable bonds is 5. The van der Waals surface area contributed by atoms with Crippen LogP contribution in [0, 0.1) is 5.92 Å². The summed E-state index contributed by atoms with van der Waals surface area (Å²) < 4.78 is 10.9. The molecule has 0 bridgehead atoms. The average molecular weight is 400 g/mol. The highest BCUT2D eigenvalue weighted by atomic mass is 16.7. The zero-order chi connectivity index (χ0) is 20.3. The molecule has 1 aromatic heterocycles. The Labute approximate surface area is 176 Å². The zero-order valence-electron chi connectivity index (χ0n) is 16.8. The summed E-state index contributed by atoms with van der Waals surface area (Å²) in [7, 11) is 0. The van der Waals surface area contributed by atoms with Crippen molar-refractivity contribution in [3.05, 3.63) is 89.2 Å². The number of hydrogen-bond donors (Lipinski definition) is 0. The Kier molecular flexibility index (Phi) is 5.10. The van der Waals surface area contributed by atoms with Gasteiger partial charge in [-0.2, -0.15) is 0 Å². The van der Waals surface area contributed by atoms with Crippen LogP contribution in [0.4, 0.5) is 0 Å². The minimum absolute atomic E-state index is 0.00517. The zero-order valence-corrected chi connectivity index (χ0v) is 16.8. The van der Waals surface area contributed by atoms with Gasteiger partial charge in [-0.3, -0.25) is 9.78 Å². The highest BCUT2D eigenvalue weighted by Crippen LogP contribution is 2.33. The summed E-state index contributed by atoms with van der Waals surface area (Å²) in [4.78, 5) is 19.8. The second-order valence-corrected chi connectivity index (χ2v) is 7.95. The lowest BCUT2D eigenvalue weighted by Gasteiger charge is -2.30. The molecule has 5 nitrogen and oxygen atoms in total. The molecule has 5 heteroatoms. The SMILES string of the molecule is O=C([C@@H]1CCc2ccccc2C1)N(Cc1cccnc1)Cc1ccc2c(c1)OCO2. The van der Waals surface area contributed by atoms with Crippen LogP contribution in [0.25, 0.3) is 0 Å². The molecule has 2 heterocycles. The summed E-state index contributed by atoms with van der Waals surface area (Å²) in [5.74, 6) is 1.71. The number of benzene rings is 2. The van der Waals surface area contributed by atoms with E-state index in [2.05, 4.69) is 29.2 Å². The standard InChI is InChI=1S/C25H24N2O3/c28-25(22-9-8-20-5-1-2-6-21(20)13-22)27(16-19-4-3-11-26-14-19)15-18-7-10-23-24(12-18)30-17-29-23/h1-7,10-12,14,22H,8-9,13,15-17H2/t22-/m1/s1. The summed E-state index contributed by atoms with van der Waals surface area (Å²) >= 11 is 0. The first-order valence-corrected chi connectivity index (χ1v) is 10.4. The molecule has 0 spiro atoms. The predicted molar refractivity (Wildman–Crippen MR) is 113 cm³/mol. The molecule has 152 valence electrons. The Balaban J connectivity index is 1.38. The first kappa shape index (κ1) is 18.7. The van der Waals surface area contributed by atoms with Gasteiger partial charge in [0.2, 0.25) is 12.7 Å². The number of hydrogen-bond acceptors (Lipinski definition) is 4. The maximum absolute atomic E-state index is 13.6. The number of ether oxygens (including phenoxy) is 2. The summed E-state index contributed by atoms with van der Waals surface area (Å²) in [5, 5.41) is 0. The van der Waals surface area contributed by atoms with Crippen molar-refractivity contribution in [2.45, 2.75) is 32.4 Å². The van der Waals surface area contributed by atoms with Crippen LogP contribution in [-0.2, 0) is 30.7 Å². The van der Waals surface area contributed by atoms with Gasteiger partial charge in [0.25, 0.3) is 0 Å². The number of fused-ring (bicyclic) bond motifs is 2. The van der Waals surface area contributed by atoms with E-state index in [1.807, 2.05) is 41.4 Å². The normalized spacial score (nSPS) is 16.7. The van der Waals surface area contributed by atoms with Crippen LogP contribution in [0.1, 0.15) is 28.7 Å².